The number of rotatable bonds is 8. The standard InChI is InChI=1S/C75H47N7/c1-3-20-48(21-4-1)73-76-74(51-22-19-25-54(44-51)80-63-32-13-7-26-55(63)56-27-8-14-33-64(56)80)78-75(77-73)52-40-43-71(81-66-35-16-9-28-57(66)58-29-10-17-36-67(58)81)72(47-52)82-68-37-18-12-31-60(68)62-46-50(39-42-70(62)82)49-38-41-69-61(45-49)59-30-11-15-34-65(59)79(69)53-23-5-2-6-24-53/h1-47H. The zero-order chi connectivity index (χ0) is 53.8. The number of aromatic nitrogens is 7. The lowest BCUT2D eigenvalue weighted by atomic mass is 10.0. The smallest absolute Gasteiger partial charge is 0.164 e. The maximum atomic E-state index is 5.44. The molecule has 0 radical (unpaired) electrons. The van der Waals surface area contributed by atoms with E-state index in [-0.39, 0.29) is 0 Å². The summed E-state index contributed by atoms with van der Waals surface area (Å²) in [6.45, 7) is 0. The Morgan fingerprint density at radius 1 is 0.183 bits per heavy atom. The van der Waals surface area contributed by atoms with E-state index in [0.29, 0.717) is 17.5 Å². The van der Waals surface area contributed by atoms with Crippen LogP contribution in [0, 0.1) is 0 Å². The fourth-order valence-corrected chi connectivity index (χ4v) is 13.0. The Morgan fingerprint density at radius 3 is 1.01 bits per heavy atom. The van der Waals surface area contributed by atoms with Crippen molar-refractivity contribution in [3.8, 4) is 68.0 Å². The third kappa shape index (κ3) is 7.06. The molecule has 0 atom stereocenters. The SMILES string of the molecule is c1ccc(-c2nc(-c3cccc(-n4c5ccccc5c5ccccc54)c3)nc(-c3ccc(-n4c5ccccc5c5ccccc54)c(-n4c5ccccc5c5cc(-c6ccc7c(c6)c6ccccc6n7-c6ccccc6)ccc54)c3)n2)cc1. The van der Waals surface area contributed by atoms with Crippen molar-refractivity contribution in [1.29, 1.82) is 0 Å². The second-order valence-electron chi connectivity index (χ2n) is 21.2. The van der Waals surface area contributed by atoms with E-state index in [2.05, 4.69) is 285 Å². The Kier molecular flexibility index (Phi) is 10.2. The van der Waals surface area contributed by atoms with Crippen molar-refractivity contribution < 1.29 is 0 Å². The van der Waals surface area contributed by atoms with Crippen LogP contribution in [-0.4, -0.2) is 33.2 Å². The van der Waals surface area contributed by atoms with Gasteiger partial charge in [-0.25, -0.2) is 15.0 Å². The van der Waals surface area contributed by atoms with Gasteiger partial charge in [0.2, 0.25) is 0 Å². The Labute approximate surface area is 471 Å². The van der Waals surface area contributed by atoms with Crippen LogP contribution in [0.15, 0.2) is 285 Å². The van der Waals surface area contributed by atoms with Gasteiger partial charge in [0.25, 0.3) is 0 Å². The summed E-state index contributed by atoms with van der Waals surface area (Å²) in [6.07, 6.45) is 0. The third-order valence-electron chi connectivity index (χ3n) is 16.6. The van der Waals surface area contributed by atoms with Gasteiger partial charge in [-0.15, -0.1) is 0 Å². The van der Waals surface area contributed by atoms with Gasteiger partial charge in [-0.05, 0) is 114 Å². The summed E-state index contributed by atoms with van der Waals surface area (Å²) in [5.74, 6) is 1.77. The van der Waals surface area contributed by atoms with Crippen LogP contribution in [0.25, 0.3) is 155 Å². The van der Waals surface area contributed by atoms with Gasteiger partial charge >= 0.3 is 0 Å². The molecule has 382 valence electrons. The van der Waals surface area contributed by atoms with Crippen LogP contribution in [0.5, 0.6) is 0 Å². The second kappa shape index (κ2) is 18.2. The number of hydrogen-bond donors (Lipinski definition) is 0. The normalized spacial score (nSPS) is 11.9. The fourth-order valence-electron chi connectivity index (χ4n) is 13.0. The van der Waals surface area contributed by atoms with Crippen LogP contribution in [0.1, 0.15) is 0 Å². The molecule has 0 saturated heterocycles. The van der Waals surface area contributed by atoms with E-state index in [0.717, 1.165) is 94.4 Å². The van der Waals surface area contributed by atoms with E-state index in [1.807, 2.05) is 18.2 Å². The van der Waals surface area contributed by atoms with Gasteiger partial charge in [-0.1, -0.05) is 182 Å². The summed E-state index contributed by atoms with van der Waals surface area (Å²) < 4.78 is 9.59. The summed E-state index contributed by atoms with van der Waals surface area (Å²) in [7, 11) is 0. The predicted molar refractivity (Wildman–Crippen MR) is 339 cm³/mol. The lowest BCUT2D eigenvalue weighted by Gasteiger charge is -2.18. The average Bonchev–Trinajstić information content (AvgIpc) is 4.42. The Morgan fingerprint density at radius 2 is 0.512 bits per heavy atom. The van der Waals surface area contributed by atoms with E-state index < -0.39 is 0 Å². The van der Waals surface area contributed by atoms with Gasteiger partial charge in [0.1, 0.15) is 0 Å². The highest BCUT2D eigenvalue weighted by Crippen LogP contribution is 2.43. The molecule has 0 aliphatic carbocycles. The molecule has 0 bridgehead atoms. The average molecular weight is 1050 g/mol. The first-order valence-corrected chi connectivity index (χ1v) is 27.8. The second-order valence-corrected chi connectivity index (χ2v) is 21.2. The highest BCUT2D eigenvalue weighted by atomic mass is 15.1. The maximum Gasteiger partial charge on any atom is 0.164 e. The zero-order valence-corrected chi connectivity index (χ0v) is 44.3. The monoisotopic (exact) mass is 1050 g/mol. The molecule has 17 rings (SSSR count). The van der Waals surface area contributed by atoms with Crippen molar-refractivity contribution in [3.63, 3.8) is 0 Å². The summed E-state index contributed by atoms with van der Waals surface area (Å²) in [5, 5.41) is 9.59. The van der Waals surface area contributed by atoms with Crippen molar-refractivity contribution in [2.24, 2.45) is 0 Å². The summed E-state index contributed by atoms with van der Waals surface area (Å²) in [6, 6.07) is 102. The fraction of sp³-hybridized carbons (Fsp3) is 0. The van der Waals surface area contributed by atoms with Crippen LogP contribution in [-0.2, 0) is 0 Å². The predicted octanol–water partition coefficient (Wildman–Crippen LogP) is 18.9. The molecule has 0 aliphatic rings. The number of fused-ring (bicyclic) bond motifs is 12. The highest BCUT2D eigenvalue weighted by molar-refractivity contribution is 6.14. The first-order valence-electron chi connectivity index (χ1n) is 27.8. The molecule has 0 aliphatic heterocycles. The van der Waals surface area contributed by atoms with E-state index in [9.17, 15) is 0 Å². The molecule has 0 N–H and O–H groups in total. The Hall–Kier alpha value is -11.2. The van der Waals surface area contributed by atoms with Crippen LogP contribution < -0.4 is 0 Å². The largest absolute Gasteiger partial charge is 0.309 e. The minimum Gasteiger partial charge on any atom is -0.309 e. The highest BCUT2D eigenvalue weighted by Gasteiger charge is 2.23. The molecule has 0 amide bonds. The molecular weight excluding hydrogens is 999 g/mol. The van der Waals surface area contributed by atoms with Gasteiger partial charge in [-0.2, -0.15) is 0 Å². The van der Waals surface area contributed by atoms with Crippen molar-refractivity contribution >= 4 is 87.2 Å². The molecule has 0 fully saturated rings. The molecule has 0 saturated carbocycles. The van der Waals surface area contributed by atoms with Crippen molar-refractivity contribution in [1.82, 2.24) is 33.2 Å². The van der Waals surface area contributed by atoms with E-state index in [4.69, 9.17) is 15.0 Å². The molecule has 0 spiro atoms. The molecule has 0 unspecified atom stereocenters. The van der Waals surface area contributed by atoms with Crippen molar-refractivity contribution in [2.75, 3.05) is 0 Å². The Balaban J connectivity index is 0.882. The van der Waals surface area contributed by atoms with Crippen molar-refractivity contribution in [2.45, 2.75) is 0 Å². The van der Waals surface area contributed by atoms with Crippen molar-refractivity contribution in [3.05, 3.63) is 285 Å². The Bertz CT molecular complexity index is 5300. The third-order valence-corrected chi connectivity index (χ3v) is 16.6. The summed E-state index contributed by atoms with van der Waals surface area (Å²) in [4.78, 5) is 16.1. The molecular formula is C75H47N7. The molecule has 5 aromatic heterocycles. The summed E-state index contributed by atoms with van der Waals surface area (Å²) in [5.41, 5.74) is 18.3. The number of para-hydroxylation sites is 7. The van der Waals surface area contributed by atoms with Crippen LogP contribution in [0.4, 0.5) is 0 Å². The van der Waals surface area contributed by atoms with Gasteiger partial charge in [0, 0.05) is 71.2 Å². The molecule has 7 nitrogen and oxygen atoms in total. The van der Waals surface area contributed by atoms with Gasteiger partial charge in [0.05, 0.1) is 55.5 Å². The van der Waals surface area contributed by atoms with Crippen LogP contribution >= 0.6 is 0 Å². The topological polar surface area (TPSA) is 58.4 Å². The zero-order valence-electron chi connectivity index (χ0n) is 44.3. The van der Waals surface area contributed by atoms with E-state index in [1.165, 1.54) is 43.4 Å². The van der Waals surface area contributed by atoms with Crippen LogP contribution in [0.2, 0.25) is 0 Å². The molecule has 82 heavy (non-hydrogen) atoms. The molecule has 12 aromatic carbocycles. The number of nitrogens with zero attached hydrogens (tertiary/aromatic N) is 7. The van der Waals surface area contributed by atoms with Gasteiger partial charge in [0.15, 0.2) is 17.5 Å². The van der Waals surface area contributed by atoms with E-state index >= 15 is 0 Å². The first-order chi connectivity index (χ1) is 40.7. The first kappa shape index (κ1) is 45.8. The lowest BCUT2D eigenvalue weighted by Crippen LogP contribution is -2.05. The molecule has 7 heteroatoms. The molecule has 17 aromatic rings. The maximum absolute atomic E-state index is 5.44. The van der Waals surface area contributed by atoms with Gasteiger partial charge in [-0.3, -0.25) is 0 Å². The van der Waals surface area contributed by atoms with Crippen LogP contribution in [0.3, 0.4) is 0 Å². The molecule has 5 heterocycles. The number of hydrogen-bond acceptors (Lipinski definition) is 3. The minimum absolute atomic E-state index is 0.577. The van der Waals surface area contributed by atoms with Gasteiger partial charge < -0.3 is 18.3 Å². The van der Waals surface area contributed by atoms with E-state index in [1.54, 1.807) is 0 Å². The number of benzene rings is 12. The lowest BCUT2D eigenvalue weighted by molar-refractivity contribution is 1.06. The summed E-state index contributed by atoms with van der Waals surface area (Å²) >= 11 is 0. The minimum atomic E-state index is 0.577. The quantitative estimate of drug-likeness (QED) is 0.152.